The number of aromatic nitrogens is 2. The quantitative estimate of drug-likeness (QED) is 0.257. The van der Waals surface area contributed by atoms with Crippen molar-refractivity contribution in [1.29, 1.82) is 0 Å². The third-order valence-corrected chi connectivity index (χ3v) is 8.18. The molecular formula is C27H36BrN7O5S. The first kappa shape index (κ1) is 30.5. The Morgan fingerprint density at radius 3 is 2.51 bits per heavy atom. The Hall–Kier alpha value is -3.49. The van der Waals surface area contributed by atoms with Crippen LogP contribution in [0, 0.1) is 0 Å². The largest absolute Gasteiger partial charge is 0.494 e. The topological polar surface area (TPSA) is 130 Å². The van der Waals surface area contributed by atoms with E-state index in [9.17, 15) is 8.42 Å². The number of nitrogens with one attached hydrogen (secondary N) is 3. The zero-order valence-electron chi connectivity index (χ0n) is 24.0. The Bertz CT molecular complexity index is 1500. The second kappa shape index (κ2) is 13.0. The van der Waals surface area contributed by atoms with E-state index in [1.165, 1.54) is 7.05 Å². The van der Waals surface area contributed by atoms with Gasteiger partial charge >= 0.3 is 0 Å². The summed E-state index contributed by atoms with van der Waals surface area (Å²) in [5.41, 5.74) is 3.62. The number of ether oxygens (including phenoxy) is 3. The molecule has 1 aliphatic heterocycles. The molecule has 2 aromatic carbocycles. The minimum atomic E-state index is -3.61. The molecule has 2 heterocycles. The van der Waals surface area contributed by atoms with E-state index >= 15 is 0 Å². The van der Waals surface area contributed by atoms with Gasteiger partial charge < -0.3 is 35.1 Å². The van der Waals surface area contributed by atoms with Crippen LogP contribution < -0.4 is 34.5 Å². The SMILES string of the molecule is CCc1cc(Nc2ncc(Br)c(Nc3ccc4c(c3N(C)S(C)(=O)=O)OCCO4)n2)c(OC)cc1NCCN(C)C. The highest BCUT2D eigenvalue weighted by Crippen LogP contribution is 2.46. The van der Waals surface area contributed by atoms with Gasteiger partial charge in [0.1, 0.15) is 30.5 Å². The average Bonchev–Trinajstić information content (AvgIpc) is 2.94. The molecule has 3 N–H and O–H groups in total. The molecule has 0 bridgehead atoms. The molecule has 0 fully saturated rings. The fourth-order valence-electron chi connectivity index (χ4n) is 4.21. The molecule has 1 aliphatic rings. The minimum Gasteiger partial charge on any atom is -0.494 e. The zero-order chi connectivity index (χ0) is 29.7. The smallest absolute Gasteiger partial charge is 0.232 e. The van der Waals surface area contributed by atoms with Crippen molar-refractivity contribution in [3.8, 4) is 17.2 Å². The molecule has 222 valence electrons. The normalized spacial score (nSPS) is 12.7. The van der Waals surface area contributed by atoms with Crippen molar-refractivity contribution < 1.29 is 22.6 Å². The van der Waals surface area contributed by atoms with Gasteiger partial charge in [-0.2, -0.15) is 4.98 Å². The molecule has 0 aliphatic carbocycles. The van der Waals surface area contributed by atoms with Gasteiger partial charge in [-0.3, -0.25) is 4.31 Å². The fourth-order valence-corrected chi connectivity index (χ4v) is 5.01. The molecule has 3 aromatic rings. The van der Waals surface area contributed by atoms with Crippen molar-refractivity contribution in [2.24, 2.45) is 0 Å². The van der Waals surface area contributed by atoms with Crippen LogP contribution in [0.4, 0.5) is 34.5 Å². The van der Waals surface area contributed by atoms with Crippen molar-refractivity contribution >= 4 is 60.5 Å². The summed E-state index contributed by atoms with van der Waals surface area (Å²) < 4.78 is 43.9. The lowest BCUT2D eigenvalue weighted by Gasteiger charge is -2.28. The van der Waals surface area contributed by atoms with E-state index in [1.807, 2.05) is 26.2 Å². The summed E-state index contributed by atoms with van der Waals surface area (Å²) >= 11 is 3.50. The maximum absolute atomic E-state index is 12.5. The van der Waals surface area contributed by atoms with Gasteiger partial charge in [-0.05, 0) is 60.2 Å². The lowest BCUT2D eigenvalue weighted by molar-refractivity contribution is 0.172. The molecule has 0 saturated heterocycles. The van der Waals surface area contributed by atoms with E-state index in [0.29, 0.717) is 63.8 Å². The summed E-state index contributed by atoms with van der Waals surface area (Å²) in [6, 6.07) is 7.45. The van der Waals surface area contributed by atoms with Gasteiger partial charge in [0, 0.05) is 38.1 Å². The van der Waals surface area contributed by atoms with E-state index in [1.54, 1.807) is 25.4 Å². The number of hydrogen-bond acceptors (Lipinski definition) is 11. The predicted molar refractivity (Wildman–Crippen MR) is 166 cm³/mol. The maximum atomic E-state index is 12.5. The third kappa shape index (κ3) is 7.24. The Morgan fingerprint density at radius 1 is 1.07 bits per heavy atom. The van der Waals surface area contributed by atoms with Gasteiger partial charge in [-0.15, -0.1) is 0 Å². The first-order valence-electron chi connectivity index (χ1n) is 13.0. The lowest BCUT2D eigenvalue weighted by Crippen LogP contribution is -2.27. The fraction of sp³-hybridized carbons (Fsp3) is 0.407. The number of methoxy groups -OCH3 is 1. The molecule has 0 atom stereocenters. The third-order valence-electron chi connectivity index (χ3n) is 6.42. The van der Waals surface area contributed by atoms with Gasteiger partial charge in [0.05, 0.1) is 29.2 Å². The Balaban J connectivity index is 1.66. The number of rotatable bonds is 12. The highest BCUT2D eigenvalue weighted by molar-refractivity contribution is 9.10. The molecule has 4 rings (SSSR count). The van der Waals surface area contributed by atoms with Gasteiger partial charge in [0.25, 0.3) is 0 Å². The second-order valence-electron chi connectivity index (χ2n) is 9.65. The number of likely N-dealkylation sites (N-methyl/N-ethyl adjacent to an activating group) is 1. The number of aryl methyl sites for hydroxylation is 1. The van der Waals surface area contributed by atoms with Crippen LogP contribution in [0.3, 0.4) is 0 Å². The predicted octanol–water partition coefficient (Wildman–Crippen LogP) is 4.44. The highest BCUT2D eigenvalue weighted by Gasteiger charge is 2.27. The summed E-state index contributed by atoms with van der Waals surface area (Å²) in [4.78, 5) is 11.2. The number of sulfonamides is 1. The van der Waals surface area contributed by atoms with Crippen LogP contribution in [-0.4, -0.2) is 84.1 Å². The van der Waals surface area contributed by atoms with Crippen LogP contribution in [0.2, 0.25) is 0 Å². The summed E-state index contributed by atoms with van der Waals surface area (Å²) in [5, 5.41) is 10.00. The molecule has 0 radical (unpaired) electrons. The number of fused-ring (bicyclic) bond motifs is 1. The van der Waals surface area contributed by atoms with E-state index in [4.69, 9.17) is 14.2 Å². The summed E-state index contributed by atoms with van der Waals surface area (Å²) in [7, 11) is 3.55. The summed E-state index contributed by atoms with van der Waals surface area (Å²) in [6.45, 7) is 4.48. The monoisotopic (exact) mass is 649 g/mol. The van der Waals surface area contributed by atoms with Crippen molar-refractivity contribution in [1.82, 2.24) is 14.9 Å². The molecule has 41 heavy (non-hydrogen) atoms. The maximum Gasteiger partial charge on any atom is 0.232 e. The Labute approximate surface area is 249 Å². The van der Waals surface area contributed by atoms with Crippen LogP contribution in [0.5, 0.6) is 17.2 Å². The molecule has 14 heteroatoms. The van der Waals surface area contributed by atoms with E-state index < -0.39 is 10.0 Å². The number of nitrogens with zero attached hydrogens (tertiary/aromatic N) is 4. The van der Waals surface area contributed by atoms with Gasteiger partial charge in [-0.1, -0.05) is 6.92 Å². The zero-order valence-corrected chi connectivity index (χ0v) is 26.4. The van der Waals surface area contributed by atoms with Crippen LogP contribution in [0.15, 0.2) is 34.9 Å². The molecular weight excluding hydrogens is 614 g/mol. The summed E-state index contributed by atoms with van der Waals surface area (Å²) in [6.07, 6.45) is 3.56. The number of halogens is 1. The van der Waals surface area contributed by atoms with Crippen LogP contribution >= 0.6 is 15.9 Å². The number of hydrogen-bond donors (Lipinski definition) is 3. The Morgan fingerprint density at radius 2 is 1.83 bits per heavy atom. The average molecular weight is 651 g/mol. The molecule has 0 spiro atoms. The van der Waals surface area contributed by atoms with Crippen LogP contribution in [0.1, 0.15) is 12.5 Å². The van der Waals surface area contributed by atoms with E-state index in [2.05, 4.69) is 53.7 Å². The van der Waals surface area contributed by atoms with Gasteiger partial charge in [0.2, 0.25) is 16.0 Å². The lowest BCUT2D eigenvalue weighted by atomic mass is 10.1. The molecule has 1 aromatic heterocycles. The van der Waals surface area contributed by atoms with Crippen molar-refractivity contribution in [3.05, 3.63) is 40.5 Å². The van der Waals surface area contributed by atoms with Crippen LogP contribution in [0.25, 0.3) is 0 Å². The van der Waals surface area contributed by atoms with Gasteiger partial charge in [0.15, 0.2) is 11.5 Å². The summed E-state index contributed by atoms with van der Waals surface area (Å²) in [5.74, 6) is 2.18. The van der Waals surface area contributed by atoms with Crippen molar-refractivity contribution in [3.63, 3.8) is 0 Å². The molecule has 0 amide bonds. The second-order valence-corrected chi connectivity index (χ2v) is 12.5. The first-order chi connectivity index (χ1) is 19.5. The van der Waals surface area contributed by atoms with Gasteiger partial charge in [-0.25, -0.2) is 13.4 Å². The number of anilines is 6. The molecule has 12 nitrogen and oxygen atoms in total. The minimum absolute atomic E-state index is 0.303. The standard InChI is InChI=1S/C27H36BrN7O5S/c1-7-17-14-21(23(38-5)15-20(17)29-10-11-34(2)3)32-27-30-16-18(28)26(33-27)31-19-8-9-22-25(40-13-12-39-22)24(19)35(4)41(6,36)37/h8-9,14-16,29H,7,10-13H2,1-6H3,(H2,30,31,32,33). The first-order valence-corrected chi connectivity index (χ1v) is 15.7. The number of benzene rings is 2. The van der Waals surface area contributed by atoms with Crippen LogP contribution in [-0.2, 0) is 16.4 Å². The van der Waals surface area contributed by atoms with Crippen molar-refractivity contribution in [2.45, 2.75) is 13.3 Å². The van der Waals surface area contributed by atoms with Crippen molar-refractivity contribution in [2.75, 3.05) is 81.1 Å². The van der Waals surface area contributed by atoms with E-state index in [-0.39, 0.29) is 0 Å². The molecule has 0 unspecified atom stereocenters. The molecule has 0 saturated carbocycles. The highest BCUT2D eigenvalue weighted by atomic mass is 79.9. The Kier molecular flexibility index (Phi) is 9.66. The van der Waals surface area contributed by atoms with E-state index in [0.717, 1.165) is 41.3 Å².